The number of aliphatic hydroxyl groups excluding tert-OH is 1. The molecule has 4 atom stereocenters. The molecule has 7 heteroatoms. The summed E-state index contributed by atoms with van der Waals surface area (Å²) < 4.78 is 30.1. The first-order valence-corrected chi connectivity index (χ1v) is 10.5. The SMILES string of the molecule is CCC(O)C([C@H]1C(=Cc2ccccc2)CCN[C@@H]1c1ccc(F)cc1F)n1cncn1. The number of hydrogen-bond acceptors (Lipinski definition) is 4. The molecule has 2 unspecified atom stereocenters. The van der Waals surface area contributed by atoms with Gasteiger partial charge in [0.1, 0.15) is 24.3 Å². The van der Waals surface area contributed by atoms with Crippen molar-refractivity contribution in [1.29, 1.82) is 0 Å². The van der Waals surface area contributed by atoms with Crippen LogP contribution in [0.1, 0.15) is 43.0 Å². The fraction of sp³-hybridized carbons (Fsp3) is 0.333. The molecule has 0 aliphatic carbocycles. The minimum Gasteiger partial charge on any atom is -0.391 e. The van der Waals surface area contributed by atoms with Crippen LogP contribution in [-0.4, -0.2) is 32.5 Å². The molecule has 0 spiro atoms. The molecule has 162 valence electrons. The summed E-state index contributed by atoms with van der Waals surface area (Å²) in [5.74, 6) is -1.53. The van der Waals surface area contributed by atoms with Gasteiger partial charge in [-0.1, -0.05) is 55.0 Å². The maximum absolute atomic E-state index is 14.9. The van der Waals surface area contributed by atoms with Crippen molar-refractivity contribution >= 4 is 6.08 Å². The third-order valence-electron chi connectivity index (χ3n) is 5.94. The highest BCUT2D eigenvalue weighted by Gasteiger charge is 2.41. The lowest BCUT2D eigenvalue weighted by Crippen LogP contribution is -2.44. The first kappa shape index (κ1) is 21.3. The van der Waals surface area contributed by atoms with Crippen molar-refractivity contribution in [2.24, 2.45) is 5.92 Å². The highest BCUT2D eigenvalue weighted by Crippen LogP contribution is 2.43. The van der Waals surface area contributed by atoms with Gasteiger partial charge in [0.25, 0.3) is 0 Å². The van der Waals surface area contributed by atoms with E-state index in [2.05, 4.69) is 21.5 Å². The topological polar surface area (TPSA) is 63.0 Å². The van der Waals surface area contributed by atoms with Gasteiger partial charge in [0, 0.05) is 23.6 Å². The minimum absolute atomic E-state index is 0.314. The van der Waals surface area contributed by atoms with E-state index < -0.39 is 29.8 Å². The van der Waals surface area contributed by atoms with Gasteiger partial charge in [-0.3, -0.25) is 0 Å². The summed E-state index contributed by atoms with van der Waals surface area (Å²) in [6, 6.07) is 12.7. The van der Waals surface area contributed by atoms with Gasteiger partial charge < -0.3 is 10.4 Å². The highest BCUT2D eigenvalue weighted by molar-refractivity contribution is 5.54. The van der Waals surface area contributed by atoms with Crippen LogP contribution in [0.5, 0.6) is 0 Å². The van der Waals surface area contributed by atoms with Crippen LogP contribution in [0, 0.1) is 17.6 Å². The van der Waals surface area contributed by atoms with Crippen molar-refractivity contribution in [3.63, 3.8) is 0 Å². The van der Waals surface area contributed by atoms with E-state index in [-0.39, 0.29) is 5.92 Å². The number of halogens is 2. The van der Waals surface area contributed by atoms with Crippen LogP contribution in [0.15, 0.2) is 66.8 Å². The lowest BCUT2D eigenvalue weighted by molar-refractivity contribution is 0.0601. The summed E-state index contributed by atoms with van der Waals surface area (Å²) in [4.78, 5) is 4.07. The van der Waals surface area contributed by atoms with Gasteiger partial charge in [-0.25, -0.2) is 18.4 Å². The smallest absolute Gasteiger partial charge is 0.137 e. The molecule has 0 saturated carbocycles. The second-order valence-electron chi connectivity index (χ2n) is 7.85. The summed E-state index contributed by atoms with van der Waals surface area (Å²) >= 11 is 0. The summed E-state index contributed by atoms with van der Waals surface area (Å²) in [6.07, 6.45) is 5.62. The molecule has 1 fully saturated rings. The molecular formula is C24H26F2N4O. The fourth-order valence-electron chi connectivity index (χ4n) is 4.48. The van der Waals surface area contributed by atoms with E-state index in [1.54, 1.807) is 11.0 Å². The maximum Gasteiger partial charge on any atom is 0.137 e. The molecule has 2 aromatic carbocycles. The zero-order valence-electron chi connectivity index (χ0n) is 17.3. The summed E-state index contributed by atoms with van der Waals surface area (Å²) in [5, 5.41) is 18.7. The van der Waals surface area contributed by atoms with E-state index in [1.165, 1.54) is 18.5 Å². The Hall–Kier alpha value is -2.90. The van der Waals surface area contributed by atoms with Crippen molar-refractivity contribution in [2.45, 2.75) is 38.0 Å². The molecule has 0 radical (unpaired) electrons. The Bertz CT molecular complexity index is 1020. The molecule has 3 aromatic rings. The highest BCUT2D eigenvalue weighted by atomic mass is 19.1. The molecule has 0 bridgehead atoms. The largest absolute Gasteiger partial charge is 0.391 e. The monoisotopic (exact) mass is 424 g/mol. The number of rotatable bonds is 6. The average molecular weight is 424 g/mol. The van der Waals surface area contributed by atoms with Crippen LogP contribution in [0.3, 0.4) is 0 Å². The van der Waals surface area contributed by atoms with Crippen LogP contribution in [0.2, 0.25) is 0 Å². The Morgan fingerprint density at radius 3 is 2.71 bits per heavy atom. The van der Waals surface area contributed by atoms with Gasteiger partial charge in [0.05, 0.1) is 12.1 Å². The van der Waals surface area contributed by atoms with Crippen molar-refractivity contribution < 1.29 is 13.9 Å². The van der Waals surface area contributed by atoms with E-state index in [0.717, 1.165) is 23.6 Å². The number of aliphatic hydroxyl groups is 1. The second-order valence-corrected chi connectivity index (χ2v) is 7.85. The Morgan fingerprint density at radius 2 is 2.03 bits per heavy atom. The number of piperidine rings is 1. The van der Waals surface area contributed by atoms with Gasteiger partial charge in [-0.15, -0.1) is 0 Å². The van der Waals surface area contributed by atoms with Crippen molar-refractivity contribution in [3.05, 3.63) is 89.5 Å². The molecule has 1 aliphatic rings. The number of benzene rings is 2. The normalized spacial score (nSPS) is 22.4. The summed E-state index contributed by atoms with van der Waals surface area (Å²) in [6.45, 7) is 2.54. The Balaban J connectivity index is 1.86. The van der Waals surface area contributed by atoms with Crippen LogP contribution >= 0.6 is 0 Å². The third kappa shape index (κ3) is 4.57. The lowest BCUT2D eigenvalue weighted by Gasteiger charge is -2.41. The van der Waals surface area contributed by atoms with E-state index in [9.17, 15) is 13.9 Å². The predicted molar refractivity (Wildman–Crippen MR) is 115 cm³/mol. The van der Waals surface area contributed by atoms with Gasteiger partial charge in [-0.2, -0.15) is 5.10 Å². The number of hydrogen-bond donors (Lipinski definition) is 2. The van der Waals surface area contributed by atoms with Crippen molar-refractivity contribution in [2.75, 3.05) is 6.54 Å². The molecule has 4 rings (SSSR count). The zero-order chi connectivity index (χ0) is 21.8. The first-order chi connectivity index (χ1) is 15.1. The standard InChI is InChI=1S/C24H26F2N4O/c1-2-21(31)24(30-15-27-14-29-30)22-17(12-16-6-4-3-5-7-16)10-11-28-23(22)19-9-8-18(25)13-20(19)26/h3-9,12-15,21-24,28,31H,2,10-11H2,1H3/t21?,22-,23+,24?/m0/s1. The molecular weight excluding hydrogens is 398 g/mol. The van der Waals surface area contributed by atoms with Gasteiger partial charge in [0.15, 0.2) is 0 Å². The number of aromatic nitrogens is 3. The van der Waals surface area contributed by atoms with E-state index in [0.29, 0.717) is 18.5 Å². The Kier molecular flexibility index (Phi) is 6.53. The Labute approximate surface area is 180 Å². The number of nitrogens with one attached hydrogen (secondary N) is 1. The van der Waals surface area contributed by atoms with Crippen molar-refractivity contribution in [3.8, 4) is 0 Å². The Morgan fingerprint density at radius 1 is 1.23 bits per heavy atom. The molecule has 1 aromatic heterocycles. The third-order valence-corrected chi connectivity index (χ3v) is 5.94. The molecule has 2 N–H and O–H groups in total. The van der Waals surface area contributed by atoms with Gasteiger partial charge in [0.2, 0.25) is 0 Å². The first-order valence-electron chi connectivity index (χ1n) is 10.5. The minimum atomic E-state index is -0.725. The maximum atomic E-state index is 14.9. The molecule has 0 amide bonds. The molecule has 1 saturated heterocycles. The quantitative estimate of drug-likeness (QED) is 0.619. The molecule has 2 heterocycles. The summed E-state index contributed by atoms with van der Waals surface area (Å²) in [5.41, 5.74) is 2.48. The van der Waals surface area contributed by atoms with E-state index in [4.69, 9.17) is 0 Å². The zero-order valence-corrected chi connectivity index (χ0v) is 17.3. The van der Waals surface area contributed by atoms with Gasteiger partial charge in [-0.05, 0) is 31.0 Å². The molecule has 5 nitrogen and oxygen atoms in total. The van der Waals surface area contributed by atoms with Crippen LogP contribution in [-0.2, 0) is 0 Å². The summed E-state index contributed by atoms with van der Waals surface area (Å²) in [7, 11) is 0. The fourth-order valence-corrected chi connectivity index (χ4v) is 4.48. The van der Waals surface area contributed by atoms with E-state index in [1.807, 2.05) is 37.3 Å². The van der Waals surface area contributed by atoms with Crippen molar-refractivity contribution in [1.82, 2.24) is 20.1 Å². The lowest BCUT2D eigenvalue weighted by atomic mass is 9.75. The molecule has 31 heavy (non-hydrogen) atoms. The van der Waals surface area contributed by atoms with Crippen LogP contribution in [0.25, 0.3) is 6.08 Å². The second kappa shape index (κ2) is 9.49. The van der Waals surface area contributed by atoms with Crippen LogP contribution < -0.4 is 5.32 Å². The number of nitrogens with zero attached hydrogens (tertiary/aromatic N) is 3. The van der Waals surface area contributed by atoms with E-state index >= 15 is 0 Å². The van der Waals surface area contributed by atoms with Crippen LogP contribution in [0.4, 0.5) is 8.78 Å². The average Bonchev–Trinajstić information content (AvgIpc) is 3.30. The molecule has 1 aliphatic heterocycles. The van der Waals surface area contributed by atoms with Gasteiger partial charge >= 0.3 is 0 Å². The predicted octanol–water partition coefficient (Wildman–Crippen LogP) is 4.30.